The molecular formula is C12H15NO4. The van der Waals surface area contributed by atoms with Gasteiger partial charge in [0, 0.05) is 5.69 Å². The van der Waals surface area contributed by atoms with Crippen LogP contribution in [0.4, 0.5) is 10.5 Å². The fraction of sp³-hybridized carbons (Fsp3) is 0.333. The van der Waals surface area contributed by atoms with Gasteiger partial charge in [-0.3, -0.25) is 4.79 Å². The lowest BCUT2D eigenvalue weighted by atomic mass is 10.3. The third kappa shape index (κ3) is 4.55. The molecule has 1 aromatic rings. The number of ether oxygens (including phenoxy) is 2. The van der Waals surface area contributed by atoms with Gasteiger partial charge in [0.1, 0.15) is 0 Å². The molecule has 0 unspecified atom stereocenters. The second kappa shape index (κ2) is 6.52. The van der Waals surface area contributed by atoms with Crippen LogP contribution in [0.5, 0.6) is 0 Å². The maximum Gasteiger partial charge on any atom is 0.509 e. The maximum absolute atomic E-state index is 11.6. The summed E-state index contributed by atoms with van der Waals surface area (Å²) in [4.78, 5) is 22.6. The maximum atomic E-state index is 11.6. The van der Waals surface area contributed by atoms with Gasteiger partial charge in [0.05, 0.1) is 6.61 Å². The van der Waals surface area contributed by atoms with Gasteiger partial charge in [-0.25, -0.2) is 4.79 Å². The zero-order chi connectivity index (χ0) is 12.7. The number of carbonyl (C=O) groups excluding carboxylic acids is 2. The number of hydrogen-bond donors (Lipinski definition) is 1. The van der Waals surface area contributed by atoms with Gasteiger partial charge in [0.2, 0.25) is 0 Å². The Morgan fingerprint density at radius 3 is 2.53 bits per heavy atom. The molecule has 92 valence electrons. The van der Waals surface area contributed by atoms with Crippen LogP contribution < -0.4 is 5.32 Å². The minimum atomic E-state index is -0.894. The van der Waals surface area contributed by atoms with Crippen LogP contribution in [-0.2, 0) is 14.3 Å². The van der Waals surface area contributed by atoms with Crippen molar-refractivity contribution in [3.8, 4) is 0 Å². The van der Waals surface area contributed by atoms with E-state index in [0.29, 0.717) is 5.69 Å². The summed E-state index contributed by atoms with van der Waals surface area (Å²) in [6.45, 7) is 3.36. The van der Waals surface area contributed by atoms with Crippen molar-refractivity contribution in [2.75, 3.05) is 11.9 Å². The third-order valence-electron chi connectivity index (χ3n) is 1.95. The summed E-state index contributed by atoms with van der Waals surface area (Å²) in [6.07, 6.45) is -1.74. The monoisotopic (exact) mass is 237 g/mol. The van der Waals surface area contributed by atoms with E-state index in [1.807, 2.05) is 6.07 Å². The number of carbonyl (C=O) groups is 2. The quantitative estimate of drug-likeness (QED) is 0.815. The average Bonchev–Trinajstić information content (AvgIpc) is 2.30. The molecular weight excluding hydrogens is 222 g/mol. The second-order valence-electron chi connectivity index (χ2n) is 3.30. The van der Waals surface area contributed by atoms with Crippen molar-refractivity contribution in [1.29, 1.82) is 0 Å². The van der Waals surface area contributed by atoms with Gasteiger partial charge in [-0.1, -0.05) is 18.2 Å². The van der Waals surface area contributed by atoms with E-state index in [0.717, 1.165) is 0 Å². The summed E-state index contributed by atoms with van der Waals surface area (Å²) in [5.74, 6) is -0.399. The minimum Gasteiger partial charge on any atom is -0.435 e. The van der Waals surface area contributed by atoms with Crippen LogP contribution in [-0.4, -0.2) is 24.8 Å². The molecule has 1 rings (SSSR count). The van der Waals surface area contributed by atoms with Crippen molar-refractivity contribution < 1.29 is 19.1 Å². The number of nitrogens with one attached hydrogen (secondary N) is 1. The van der Waals surface area contributed by atoms with Gasteiger partial charge >= 0.3 is 6.16 Å². The molecule has 0 spiro atoms. The average molecular weight is 237 g/mol. The summed E-state index contributed by atoms with van der Waals surface area (Å²) in [5.41, 5.74) is 0.650. The van der Waals surface area contributed by atoms with Crippen LogP contribution in [0, 0.1) is 0 Å². The van der Waals surface area contributed by atoms with Crippen LogP contribution in [0.25, 0.3) is 0 Å². The van der Waals surface area contributed by atoms with E-state index >= 15 is 0 Å². The number of hydrogen-bond acceptors (Lipinski definition) is 4. The molecule has 1 atom stereocenters. The van der Waals surface area contributed by atoms with Gasteiger partial charge < -0.3 is 14.8 Å². The largest absolute Gasteiger partial charge is 0.509 e. The van der Waals surface area contributed by atoms with E-state index in [2.05, 4.69) is 10.1 Å². The Morgan fingerprint density at radius 2 is 1.94 bits per heavy atom. The van der Waals surface area contributed by atoms with Gasteiger partial charge in [-0.05, 0) is 26.0 Å². The molecule has 17 heavy (non-hydrogen) atoms. The highest BCUT2D eigenvalue weighted by Crippen LogP contribution is 2.06. The number of anilines is 1. The summed E-state index contributed by atoms with van der Waals surface area (Å²) in [5, 5.41) is 2.62. The fourth-order valence-electron chi connectivity index (χ4n) is 1.12. The lowest BCUT2D eigenvalue weighted by molar-refractivity contribution is -0.124. The molecule has 5 heteroatoms. The number of benzene rings is 1. The number of para-hydroxylation sites is 1. The van der Waals surface area contributed by atoms with Gasteiger partial charge in [-0.2, -0.15) is 0 Å². The van der Waals surface area contributed by atoms with Crippen molar-refractivity contribution in [2.24, 2.45) is 0 Å². The normalized spacial score (nSPS) is 11.4. The topological polar surface area (TPSA) is 64.6 Å². The molecule has 0 radical (unpaired) electrons. The standard InChI is InChI=1S/C12H15NO4/c1-3-16-12(15)17-9(2)11(14)13-10-7-5-4-6-8-10/h4-9H,3H2,1-2H3,(H,13,14)/t9-/m0/s1. The Balaban J connectivity index is 2.45. The fourth-order valence-corrected chi connectivity index (χ4v) is 1.12. The van der Waals surface area contributed by atoms with E-state index in [1.165, 1.54) is 6.92 Å². The molecule has 0 aliphatic rings. The summed E-state index contributed by atoms with van der Waals surface area (Å²) >= 11 is 0. The predicted octanol–water partition coefficient (Wildman–Crippen LogP) is 2.19. The lowest BCUT2D eigenvalue weighted by Gasteiger charge is -2.12. The molecule has 0 bridgehead atoms. The smallest absolute Gasteiger partial charge is 0.435 e. The molecule has 0 aliphatic carbocycles. The molecule has 1 N–H and O–H groups in total. The zero-order valence-corrected chi connectivity index (χ0v) is 9.80. The highest BCUT2D eigenvalue weighted by atomic mass is 16.7. The van der Waals surface area contributed by atoms with E-state index < -0.39 is 18.2 Å². The minimum absolute atomic E-state index is 0.214. The molecule has 0 aliphatic heterocycles. The third-order valence-corrected chi connectivity index (χ3v) is 1.95. The molecule has 1 aromatic carbocycles. The van der Waals surface area contributed by atoms with Crippen molar-refractivity contribution in [1.82, 2.24) is 0 Å². The van der Waals surface area contributed by atoms with Gasteiger partial charge in [0.15, 0.2) is 6.10 Å². The number of amides is 1. The summed E-state index contributed by atoms with van der Waals surface area (Å²) in [7, 11) is 0. The van der Waals surface area contributed by atoms with Crippen LogP contribution in [0.15, 0.2) is 30.3 Å². The first-order valence-corrected chi connectivity index (χ1v) is 5.32. The molecule has 0 saturated carbocycles. The van der Waals surface area contributed by atoms with Crippen molar-refractivity contribution >= 4 is 17.7 Å². The van der Waals surface area contributed by atoms with E-state index in [1.54, 1.807) is 31.2 Å². The van der Waals surface area contributed by atoms with E-state index in [4.69, 9.17) is 4.74 Å². The molecule has 1 amide bonds. The van der Waals surface area contributed by atoms with Crippen molar-refractivity contribution in [3.63, 3.8) is 0 Å². The molecule has 0 fully saturated rings. The van der Waals surface area contributed by atoms with Gasteiger partial charge in [-0.15, -0.1) is 0 Å². The summed E-state index contributed by atoms with van der Waals surface area (Å²) < 4.78 is 9.32. The number of rotatable bonds is 4. The first-order chi connectivity index (χ1) is 8.13. The Labute approximate surface area is 99.7 Å². The van der Waals surface area contributed by atoms with Gasteiger partial charge in [0.25, 0.3) is 5.91 Å². The van der Waals surface area contributed by atoms with E-state index in [-0.39, 0.29) is 6.61 Å². The SMILES string of the molecule is CCOC(=O)O[C@@H](C)C(=O)Nc1ccccc1. The van der Waals surface area contributed by atoms with Crippen LogP contribution >= 0.6 is 0 Å². The summed E-state index contributed by atoms with van der Waals surface area (Å²) in [6, 6.07) is 8.93. The Kier molecular flexibility index (Phi) is 5.00. The van der Waals surface area contributed by atoms with E-state index in [9.17, 15) is 9.59 Å². The first-order valence-electron chi connectivity index (χ1n) is 5.32. The van der Waals surface area contributed by atoms with Crippen molar-refractivity contribution in [3.05, 3.63) is 30.3 Å². The van der Waals surface area contributed by atoms with Crippen LogP contribution in [0.1, 0.15) is 13.8 Å². The molecule has 0 heterocycles. The Morgan fingerprint density at radius 1 is 1.29 bits per heavy atom. The highest BCUT2D eigenvalue weighted by molar-refractivity contribution is 5.94. The molecule has 0 saturated heterocycles. The molecule has 0 aromatic heterocycles. The lowest BCUT2D eigenvalue weighted by Crippen LogP contribution is -2.30. The van der Waals surface area contributed by atoms with Crippen LogP contribution in [0.2, 0.25) is 0 Å². The van der Waals surface area contributed by atoms with Crippen LogP contribution in [0.3, 0.4) is 0 Å². The first kappa shape index (κ1) is 13.0. The predicted molar refractivity (Wildman–Crippen MR) is 62.6 cm³/mol. The zero-order valence-electron chi connectivity index (χ0n) is 9.80. The Bertz CT molecular complexity index is 377. The Hall–Kier alpha value is -2.04. The highest BCUT2D eigenvalue weighted by Gasteiger charge is 2.18. The molecule has 5 nitrogen and oxygen atoms in total. The van der Waals surface area contributed by atoms with Crippen molar-refractivity contribution in [2.45, 2.75) is 20.0 Å². The second-order valence-corrected chi connectivity index (χ2v) is 3.30.